The van der Waals surface area contributed by atoms with Crippen molar-refractivity contribution in [1.82, 2.24) is 14.5 Å². The highest BCUT2D eigenvalue weighted by molar-refractivity contribution is 7.89. The van der Waals surface area contributed by atoms with Crippen LogP contribution in [-0.4, -0.2) is 61.8 Å². The summed E-state index contributed by atoms with van der Waals surface area (Å²) in [5.41, 5.74) is 0.304. The number of benzene rings is 1. The van der Waals surface area contributed by atoms with E-state index in [1.54, 1.807) is 6.07 Å². The van der Waals surface area contributed by atoms with Gasteiger partial charge in [-0.3, -0.25) is 9.69 Å². The molecule has 1 aromatic rings. The molecule has 1 aliphatic rings. The molecule has 0 radical (unpaired) electrons. The fraction of sp³-hybridized carbons (Fsp3) is 0.667. The lowest BCUT2D eigenvalue weighted by Gasteiger charge is -2.30. The number of rotatable bonds is 8. The van der Waals surface area contributed by atoms with Gasteiger partial charge in [0.15, 0.2) is 0 Å². The number of carbonyl (C=O) groups excluding carboxylic acids is 1. The van der Waals surface area contributed by atoms with Crippen LogP contribution in [0.1, 0.15) is 57.8 Å². The Morgan fingerprint density at radius 1 is 1.28 bits per heavy atom. The summed E-state index contributed by atoms with van der Waals surface area (Å²) in [5.74, 6) is 0.0197. The molecular formula is C21H34ClN3O3S. The predicted molar refractivity (Wildman–Crippen MR) is 118 cm³/mol. The third-order valence-electron chi connectivity index (χ3n) is 5.41. The largest absolute Gasteiger partial charge is 0.351 e. The van der Waals surface area contributed by atoms with E-state index in [1.807, 2.05) is 6.92 Å². The van der Waals surface area contributed by atoms with Gasteiger partial charge in [-0.25, -0.2) is 8.42 Å². The van der Waals surface area contributed by atoms with Gasteiger partial charge in [0.05, 0.1) is 5.02 Å². The van der Waals surface area contributed by atoms with Gasteiger partial charge in [-0.2, -0.15) is 4.31 Å². The van der Waals surface area contributed by atoms with E-state index in [0.29, 0.717) is 43.2 Å². The second kappa shape index (κ2) is 10.2. The third-order valence-corrected chi connectivity index (χ3v) is 7.76. The van der Waals surface area contributed by atoms with Gasteiger partial charge in [-0.1, -0.05) is 18.5 Å². The minimum absolute atomic E-state index is 0.00639. The first-order valence-corrected chi connectivity index (χ1v) is 12.2. The monoisotopic (exact) mass is 443 g/mol. The smallest absolute Gasteiger partial charge is 0.251 e. The van der Waals surface area contributed by atoms with Crippen LogP contribution in [0.3, 0.4) is 0 Å². The molecule has 1 atom stereocenters. The summed E-state index contributed by atoms with van der Waals surface area (Å²) in [6.07, 6.45) is 1.85. The summed E-state index contributed by atoms with van der Waals surface area (Å²) >= 11 is 6.21. The van der Waals surface area contributed by atoms with Gasteiger partial charge in [-0.05, 0) is 64.7 Å². The number of carbonyl (C=O) groups is 1. The van der Waals surface area contributed by atoms with Gasteiger partial charge in [0, 0.05) is 43.8 Å². The number of nitrogens with zero attached hydrogens (tertiary/aromatic N) is 2. The molecule has 1 aromatic carbocycles. The van der Waals surface area contributed by atoms with E-state index in [1.165, 1.54) is 16.4 Å². The van der Waals surface area contributed by atoms with Gasteiger partial charge < -0.3 is 5.32 Å². The number of sulfonamides is 1. The SMILES string of the molecule is CC(C)N(CCNC(=O)c1ccc(Cl)c(S(=O)(=O)N2CCC[C@@H](C)C2)c1)C(C)C. The van der Waals surface area contributed by atoms with Crippen molar-refractivity contribution in [2.24, 2.45) is 5.92 Å². The average Bonchev–Trinajstić information content (AvgIpc) is 2.64. The molecule has 8 heteroatoms. The fourth-order valence-electron chi connectivity index (χ4n) is 3.86. The Hall–Kier alpha value is -1.15. The second-order valence-corrected chi connectivity index (χ2v) is 10.8. The lowest BCUT2D eigenvalue weighted by atomic mass is 10.0. The van der Waals surface area contributed by atoms with Crippen LogP contribution in [0.15, 0.2) is 23.1 Å². The maximum atomic E-state index is 13.1. The van der Waals surface area contributed by atoms with Gasteiger partial charge in [0.2, 0.25) is 10.0 Å². The van der Waals surface area contributed by atoms with Crippen molar-refractivity contribution in [1.29, 1.82) is 0 Å². The lowest BCUT2D eigenvalue weighted by Crippen LogP contribution is -2.42. The molecule has 29 heavy (non-hydrogen) atoms. The predicted octanol–water partition coefficient (Wildman–Crippen LogP) is 3.61. The molecule has 6 nitrogen and oxygen atoms in total. The first-order chi connectivity index (χ1) is 13.5. The van der Waals surface area contributed by atoms with E-state index in [4.69, 9.17) is 11.6 Å². The Bertz CT molecular complexity index is 803. The molecule has 0 aromatic heterocycles. The number of hydrogen-bond acceptors (Lipinski definition) is 4. The van der Waals surface area contributed by atoms with Crippen molar-refractivity contribution in [2.45, 2.75) is 64.4 Å². The topological polar surface area (TPSA) is 69.7 Å². The molecule has 0 saturated carbocycles. The van der Waals surface area contributed by atoms with Gasteiger partial charge >= 0.3 is 0 Å². The lowest BCUT2D eigenvalue weighted by molar-refractivity contribution is 0.0939. The molecule has 1 saturated heterocycles. The summed E-state index contributed by atoms with van der Waals surface area (Å²) in [4.78, 5) is 14.9. The number of hydrogen-bond donors (Lipinski definition) is 1. The molecule has 0 spiro atoms. The molecule has 1 heterocycles. The molecular weight excluding hydrogens is 410 g/mol. The maximum absolute atomic E-state index is 13.1. The third kappa shape index (κ3) is 6.17. The Balaban J connectivity index is 2.12. The van der Waals surface area contributed by atoms with Crippen LogP contribution in [0.4, 0.5) is 0 Å². The molecule has 0 bridgehead atoms. The van der Waals surface area contributed by atoms with Crippen molar-refractivity contribution < 1.29 is 13.2 Å². The van der Waals surface area contributed by atoms with Crippen LogP contribution in [0, 0.1) is 5.92 Å². The Morgan fingerprint density at radius 2 is 1.93 bits per heavy atom. The summed E-state index contributed by atoms with van der Waals surface area (Å²) in [6, 6.07) is 5.22. The van der Waals surface area contributed by atoms with Crippen molar-refractivity contribution in [3.63, 3.8) is 0 Å². The number of piperidine rings is 1. The molecule has 164 valence electrons. The van der Waals surface area contributed by atoms with E-state index < -0.39 is 10.0 Å². The van der Waals surface area contributed by atoms with Gasteiger partial charge in [-0.15, -0.1) is 0 Å². The van der Waals surface area contributed by atoms with Crippen LogP contribution >= 0.6 is 11.6 Å². The zero-order valence-corrected chi connectivity index (χ0v) is 19.7. The van der Waals surface area contributed by atoms with E-state index >= 15 is 0 Å². The van der Waals surface area contributed by atoms with Gasteiger partial charge in [0.1, 0.15) is 4.90 Å². The molecule has 1 amide bonds. The van der Waals surface area contributed by atoms with Crippen molar-refractivity contribution >= 4 is 27.5 Å². The maximum Gasteiger partial charge on any atom is 0.251 e. The zero-order chi connectivity index (χ0) is 21.8. The van der Waals surface area contributed by atoms with Crippen LogP contribution in [0.5, 0.6) is 0 Å². The summed E-state index contributed by atoms with van der Waals surface area (Å²) < 4.78 is 27.6. The highest BCUT2D eigenvalue weighted by Gasteiger charge is 2.31. The summed E-state index contributed by atoms with van der Waals surface area (Å²) in [7, 11) is -3.72. The van der Waals surface area contributed by atoms with E-state index in [-0.39, 0.29) is 15.8 Å². The minimum atomic E-state index is -3.72. The number of amides is 1. The standard InChI is InChI=1S/C21H34ClN3O3S/c1-15(2)25(16(3)4)12-10-23-21(26)18-8-9-19(22)20(13-18)29(27,28)24-11-6-7-17(5)14-24/h8-9,13,15-17H,6-7,10-12,14H2,1-5H3,(H,23,26)/t17-/m1/s1. The highest BCUT2D eigenvalue weighted by atomic mass is 35.5. The van der Waals surface area contributed by atoms with E-state index in [2.05, 4.69) is 37.9 Å². The van der Waals surface area contributed by atoms with Crippen LogP contribution in [0.2, 0.25) is 5.02 Å². The zero-order valence-electron chi connectivity index (χ0n) is 18.1. The summed E-state index contributed by atoms with van der Waals surface area (Å²) in [5, 5.41) is 3.04. The van der Waals surface area contributed by atoms with Crippen LogP contribution in [0.25, 0.3) is 0 Å². The molecule has 1 N–H and O–H groups in total. The Morgan fingerprint density at radius 3 is 2.52 bits per heavy atom. The Labute approximate surface area is 180 Å². The molecule has 1 aliphatic heterocycles. The highest BCUT2D eigenvalue weighted by Crippen LogP contribution is 2.29. The molecule has 0 unspecified atom stereocenters. The average molecular weight is 444 g/mol. The van der Waals surface area contributed by atoms with Crippen molar-refractivity contribution in [3.05, 3.63) is 28.8 Å². The molecule has 0 aliphatic carbocycles. The van der Waals surface area contributed by atoms with E-state index in [0.717, 1.165) is 19.4 Å². The van der Waals surface area contributed by atoms with Crippen molar-refractivity contribution in [2.75, 3.05) is 26.2 Å². The fourth-order valence-corrected chi connectivity index (χ4v) is 5.96. The second-order valence-electron chi connectivity index (χ2n) is 8.44. The minimum Gasteiger partial charge on any atom is -0.351 e. The van der Waals surface area contributed by atoms with E-state index in [9.17, 15) is 13.2 Å². The quantitative estimate of drug-likeness (QED) is 0.666. The summed E-state index contributed by atoms with van der Waals surface area (Å²) in [6.45, 7) is 12.7. The normalized spacial score (nSPS) is 18.6. The number of nitrogens with one attached hydrogen (secondary N) is 1. The van der Waals surface area contributed by atoms with Crippen LogP contribution < -0.4 is 5.32 Å². The first kappa shape index (κ1) is 24.1. The molecule has 1 fully saturated rings. The van der Waals surface area contributed by atoms with Gasteiger partial charge in [0.25, 0.3) is 5.91 Å². The van der Waals surface area contributed by atoms with Crippen molar-refractivity contribution in [3.8, 4) is 0 Å². The molecule has 2 rings (SSSR count). The first-order valence-electron chi connectivity index (χ1n) is 10.4. The van der Waals surface area contributed by atoms with Crippen LogP contribution in [-0.2, 0) is 10.0 Å². The number of halogens is 1. The Kier molecular flexibility index (Phi) is 8.52.